The third-order valence-electron chi connectivity index (χ3n) is 1.18. The highest BCUT2D eigenvalue weighted by Crippen LogP contribution is 2.01. The molecule has 1 heterocycles. The normalized spacial score (nSPS) is 10.6. The molecule has 0 aliphatic heterocycles. The number of pyridine rings is 1. The van der Waals surface area contributed by atoms with Crippen LogP contribution >= 0.6 is 0 Å². The van der Waals surface area contributed by atoms with Crippen molar-refractivity contribution in [3.8, 4) is 0 Å². The molecule has 2 N–H and O–H groups in total. The zero-order valence-corrected chi connectivity index (χ0v) is 8.21. The molecule has 0 aromatic carbocycles. The monoisotopic (exact) mass is 215 g/mol. The van der Waals surface area contributed by atoms with E-state index in [9.17, 15) is 13.2 Å². The molecule has 0 saturated heterocycles. The number of aromatic nitrogens is 1. The van der Waals surface area contributed by atoms with Gasteiger partial charge in [-0.3, -0.25) is 9.52 Å². The third-order valence-corrected chi connectivity index (χ3v) is 2.22. The standard InChI is InChI=1S/C7H9N3O3S/c1-6(11)9-14(12,13)10-7-4-2-3-5-8-7/h2-5H,1H3,(H,8,10)(H,9,11). The Morgan fingerprint density at radius 3 is 2.64 bits per heavy atom. The summed E-state index contributed by atoms with van der Waals surface area (Å²) in [4.78, 5) is 14.2. The SMILES string of the molecule is CC(=O)NS(=O)(=O)Nc1ccccn1. The Kier molecular flexibility index (Phi) is 3.03. The van der Waals surface area contributed by atoms with Gasteiger partial charge in [0.2, 0.25) is 5.91 Å². The molecule has 1 rings (SSSR count). The maximum atomic E-state index is 11.1. The van der Waals surface area contributed by atoms with Gasteiger partial charge in [-0.15, -0.1) is 0 Å². The largest absolute Gasteiger partial charge is 0.324 e. The summed E-state index contributed by atoms with van der Waals surface area (Å²) in [5.74, 6) is -0.505. The summed E-state index contributed by atoms with van der Waals surface area (Å²) >= 11 is 0. The van der Waals surface area contributed by atoms with E-state index in [2.05, 4.69) is 9.71 Å². The van der Waals surface area contributed by atoms with Crippen LogP contribution in [0.25, 0.3) is 0 Å². The number of rotatable bonds is 3. The highest BCUT2D eigenvalue weighted by Gasteiger charge is 2.10. The Labute approximate surface area is 81.5 Å². The molecule has 0 fully saturated rings. The topological polar surface area (TPSA) is 88.2 Å². The van der Waals surface area contributed by atoms with Gasteiger partial charge in [-0.25, -0.2) is 9.71 Å². The summed E-state index contributed by atoms with van der Waals surface area (Å²) in [5.41, 5.74) is 0. The second-order valence-electron chi connectivity index (χ2n) is 2.48. The van der Waals surface area contributed by atoms with Crippen LogP contribution in [-0.2, 0) is 15.0 Å². The van der Waals surface area contributed by atoms with Crippen LogP contribution in [0.5, 0.6) is 0 Å². The molecule has 0 aliphatic rings. The minimum Gasteiger partial charge on any atom is -0.274 e. The van der Waals surface area contributed by atoms with Gasteiger partial charge in [-0.2, -0.15) is 8.42 Å². The van der Waals surface area contributed by atoms with Crippen molar-refractivity contribution in [3.63, 3.8) is 0 Å². The first-order valence-electron chi connectivity index (χ1n) is 3.72. The molecule has 0 bridgehead atoms. The van der Waals surface area contributed by atoms with Crippen molar-refractivity contribution in [2.24, 2.45) is 0 Å². The molecule has 7 heteroatoms. The van der Waals surface area contributed by atoms with Gasteiger partial charge in [0.25, 0.3) is 0 Å². The zero-order chi connectivity index (χ0) is 10.6. The molecule has 1 aromatic heterocycles. The maximum absolute atomic E-state index is 11.1. The van der Waals surface area contributed by atoms with Crippen molar-refractivity contribution in [1.82, 2.24) is 9.71 Å². The number of nitrogens with one attached hydrogen (secondary N) is 2. The summed E-state index contributed by atoms with van der Waals surface area (Å²) in [7, 11) is -3.85. The summed E-state index contributed by atoms with van der Waals surface area (Å²) in [6.07, 6.45) is 1.44. The lowest BCUT2D eigenvalue weighted by atomic mass is 10.5. The number of hydrogen-bond acceptors (Lipinski definition) is 4. The molecule has 6 nitrogen and oxygen atoms in total. The van der Waals surface area contributed by atoms with E-state index in [0.29, 0.717) is 0 Å². The number of hydrogen-bond donors (Lipinski definition) is 2. The Hall–Kier alpha value is -1.63. The van der Waals surface area contributed by atoms with Gasteiger partial charge in [0.15, 0.2) is 0 Å². The highest BCUT2D eigenvalue weighted by atomic mass is 32.2. The molecule has 0 aliphatic carbocycles. The molecule has 0 spiro atoms. The smallest absolute Gasteiger partial charge is 0.274 e. The van der Waals surface area contributed by atoms with Crippen molar-refractivity contribution in [2.75, 3.05) is 4.72 Å². The van der Waals surface area contributed by atoms with Crippen LogP contribution in [0.1, 0.15) is 6.92 Å². The van der Waals surface area contributed by atoms with Gasteiger partial charge < -0.3 is 0 Å². The third kappa shape index (κ3) is 3.40. The summed E-state index contributed by atoms with van der Waals surface area (Å²) in [5, 5.41) is 0. The molecule has 0 saturated carbocycles. The van der Waals surface area contributed by atoms with E-state index >= 15 is 0 Å². The van der Waals surface area contributed by atoms with Gasteiger partial charge in [0, 0.05) is 13.1 Å². The van der Waals surface area contributed by atoms with Gasteiger partial charge >= 0.3 is 10.2 Å². The van der Waals surface area contributed by atoms with Crippen molar-refractivity contribution in [3.05, 3.63) is 24.4 Å². The van der Waals surface area contributed by atoms with Crippen LogP contribution in [0.2, 0.25) is 0 Å². The summed E-state index contributed by atoms with van der Waals surface area (Å²) < 4.78 is 26.1. The van der Waals surface area contributed by atoms with Gasteiger partial charge in [-0.05, 0) is 12.1 Å². The average molecular weight is 215 g/mol. The van der Waals surface area contributed by atoms with Crippen LogP contribution in [-0.4, -0.2) is 19.3 Å². The minimum absolute atomic E-state index is 0.154. The average Bonchev–Trinajstić information content (AvgIpc) is 2.02. The first kappa shape index (κ1) is 10.5. The van der Waals surface area contributed by atoms with E-state index in [0.717, 1.165) is 6.92 Å². The summed E-state index contributed by atoms with van der Waals surface area (Å²) in [6.45, 7) is 1.11. The lowest BCUT2D eigenvalue weighted by Gasteiger charge is -2.05. The van der Waals surface area contributed by atoms with Crippen LogP contribution in [0.15, 0.2) is 24.4 Å². The molecule has 0 unspecified atom stereocenters. The fraction of sp³-hybridized carbons (Fsp3) is 0.143. The van der Waals surface area contributed by atoms with Crippen molar-refractivity contribution in [1.29, 1.82) is 0 Å². The predicted molar refractivity (Wildman–Crippen MR) is 50.6 cm³/mol. The summed E-state index contributed by atoms with van der Waals surface area (Å²) in [6, 6.07) is 4.74. The van der Waals surface area contributed by atoms with Gasteiger partial charge in [0.05, 0.1) is 0 Å². The number of carbonyl (C=O) groups excluding carboxylic acids is 1. The van der Waals surface area contributed by atoms with Gasteiger partial charge in [-0.1, -0.05) is 6.07 Å². The van der Waals surface area contributed by atoms with Crippen LogP contribution in [0.4, 0.5) is 5.82 Å². The predicted octanol–water partition coefficient (Wildman–Crippen LogP) is -0.126. The van der Waals surface area contributed by atoms with Crippen LogP contribution in [0.3, 0.4) is 0 Å². The second-order valence-corrected chi connectivity index (χ2v) is 3.89. The quantitative estimate of drug-likeness (QED) is 0.735. The first-order valence-corrected chi connectivity index (χ1v) is 5.20. The molecule has 76 valence electrons. The lowest BCUT2D eigenvalue weighted by molar-refractivity contribution is -0.117. The fourth-order valence-electron chi connectivity index (χ4n) is 0.776. The second kappa shape index (κ2) is 4.05. The Bertz CT molecular complexity index is 415. The molecular weight excluding hydrogens is 206 g/mol. The first-order chi connectivity index (χ1) is 6.49. The minimum atomic E-state index is -3.85. The molecule has 14 heavy (non-hydrogen) atoms. The van der Waals surface area contributed by atoms with Crippen LogP contribution in [0, 0.1) is 0 Å². The molecule has 1 amide bonds. The number of carbonyl (C=O) groups is 1. The number of nitrogens with zero attached hydrogens (tertiary/aromatic N) is 1. The number of amides is 1. The lowest BCUT2D eigenvalue weighted by Crippen LogP contribution is -2.33. The molecule has 0 atom stereocenters. The highest BCUT2D eigenvalue weighted by molar-refractivity contribution is 7.91. The maximum Gasteiger partial charge on any atom is 0.324 e. The van der Waals surface area contributed by atoms with Crippen LogP contribution < -0.4 is 9.44 Å². The van der Waals surface area contributed by atoms with Crippen molar-refractivity contribution in [2.45, 2.75) is 6.92 Å². The molecule has 1 aromatic rings. The van der Waals surface area contributed by atoms with E-state index in [1.165, 1.54) is 12.3 Å². The Morgan fingerprint density at radius 1 is 1.43 bits per heavy atom. The van der Waals surface area contributed by atoms with Gasteiger partial charge in [0.1, 0.15) is 5.82 Å². The Morgan fingerprint density at radius 2 is 2.14 bits per heavy atom. The zero-order valence-electron chi connectivity index (χ0n) is 7.39. The molecular formula is C7H9N3O3S. The fourth-order valence-corrected chi connectivity index (χ4v) is 1.60. The van der Waals surface area contributed by atoms with E-state index in [4.69, 9.17) is 0 Å². The van der Waals surface area contributed by atoms with E-state index in [1.807, 2.05) is 0 Å². The van der Waals surface area contributed by atoms with E-state index in [1.54, 1.807) is 16.9 Å². The van der Waals surface area contributed by atoms with Crippen molar-refractivity contribution >= 4 is 21.9 Å². The van der Waals surface area contributed by atoms with E-state index < -0.39 is 16.1 Å². The molecule has 0 radical (unpaired) electrons. The number of anilines is 1. The Balaban J connectivity index is 2.74. The van der Waals surface area contributed by atoms with Crippen molar-refractivity contribution < 1.29 is 13.2 Å². The van der Waals surface area contributed by atoms with E-state index in [-0.39, 0.29) is 5.82 Å².